The van der Waals surface area contributed by atoms with Crippen LogP contribution in [0, 0.1) is 66.3 Å². The maximum atomic E-state index is 11.2. The minimum absolute atomic E-state index is 0.0254. The number of fused-ring (bicyclic) bond motifs is 1. The lowest BCUT2D eigenvalue weighted by molar-refractivity contribution is -0.384. The van der Waals surface area contributed by atoms with Crippen LogP contribution in [0.15, 0.2) is 40.5 Å². The second kappa shape index (κ2) is 6.20. The molecule has 136 valence electrons. The predicted octanol–water partition coefficient (Wildman–Crippen LogP) is 2.42. The van der Waals surface area contributed by atoms with Gasteiger partial charge < -0.3 is 5.32 Å². The largest absolute Gasteiger partial charge is 0.343 e. The Morgan fingerprint density at radius 1 is 1.21 bits per heavy atom. The molecule has 1 heterocycles. The molecule has 2 fully saturated rings. The Morgan fingerprint density at radius 3 is 2.36 bits per heavy atom. The van der Waals surface area contributed by atoms with Gasteiger partial charge in [0.05, 0.1) is 22.8 Å². The van der Waals surface area contributed by atoms with Gasteiger partial charge >= 0.3 is 0 Å². The molecule has 28 heavy (non-hydrogen) atoms. The smallest absolute Gasteiger partial charge is 0.269 e. The van der Waals surface area contributed by atoms with Crippen LogP contribution in [0.2, 0.25) is 0 Å². The van der Waals surface area contributed by atoms with Gasteiger partial charge in [-0.1, -0.05) is 12.1 Å². The molecule has 9 heteroatoms. The van der Waals surface area contributed by atoms with Gasteiger partial charge in [0.2, 0.25) is 0 Å². The lowest BCUT2D eigenvalue weighted by Gasteiger charge is -2.15. The number of piperidine rings is 1. The number of rotatable bonds is 3. The van der Waals surface area contributed by atoms with E-state index in [2.05, 4.69) is 22.4 Å². The summed E-state index contributed by atoms with van der Waals surface area (Å²) in [6.07, 6.45) is 0. The molecule has 3 rings (SSSR count). The highest BCUT2D eigenvalue weighted by molar-refractivity contribution is 6.05. The summed E-state index contributed by atoms with van der Waals surface area (Å²) < 4.78 is 0. The van der Waals surface area contributed by atoms with Crippen molar-refractivity contribution in [3.8, 4) is 24.3 Å². The Labute approximate surface area is 160 Å². The van der Waals surface area contributed by atoms with Gasteiger partial charge in [-0.15, -0.1) is 0 Å². The number of nitrogens with zero attached hydrogens (tertiary/aromatic N) is 6. The first-order chi connectivity index (χ1) is 13.3. The summed E-state index contributed by atoms with van der Waals surface area (Å²) in [7, 11) is 0. The van der Waals surface area contributed by atoms with Crippen molar-refractivity contribution in [1.29, 1.82) is 21.0 Å². The standard InChI is InChI=1S/C19H13N7O2/c1-11(2)24-17-19(10-23)15(12-4-3-5-14(6-12)26(27)28)18(19,9-22)16(25-17)13(7-20)8-21/h3-6,11,15H,1-2H3,(H,24,25). The van der Waals surface area contributed by atoms with Crippen LogP contribution in [-0.4, -0.2) is 16.8 Å². The molecule has 2 aliphatic rings. The average molecular weight is 371 g/mol. The first-order valence-corrected chi connectivity index (χ1v) is 8.31. The second-order valence-electron chi connectivity index (χ2n) is 6.79. The van der Waals surface area contributed by atoms with E-state index in [4.69, 9.17) is 0 Å². The van der Waals surface area contributed by atoms with Crippen molar-refractivity contribution in [2.45, 2.75) is 25.8 Å². The lowest BCUT2D eigenvalue weighted by Crippen LogP contribution is -2.28. The monoisotopic (exact) mass is 371 g/mol. The van der Waals surface area contributed by atoms with Crippen LogP contribution >= 0.6 is 0 Å². The Morgan fingerprint density at radius 2 is 1.86 bits per heavy atom. The number of amidine groups is 1. The summed E-state index contributed by atoms with van der Waals surface area (Å²) in [6, 6.07) is 13.3. The molecule has 3 unspecified atom stereocenters. The SMILES string of the molecule is CC(C)N=C1NC(=C(C#N)C#N)C2(C#N)C(c3cccc([N+](=O)[O-])c3)C12C#N. The van der Waals surface area contributed by atoms with Gasteiger partial charge in [-0.3, -0.25) is 15.1 Å². The summed E-state index contributed by atoms with van der Waals surface area (Å²) >= 11 is 0. The molecule has 1 aromatic carbocycles. The van der Waals surface area contributed by atoms with Gasteiger partial charge in [0.1, 0.15) is 28.8 Å². The van der Waals surface area contributed by atoms with E-state index >= 15 is 0 Å². The van der Waals surface area contributed by atoms with Gasteiger partial charge in [-0.25, -0.2) is 0 Å². The Kier molecular flexibility index (Phi) is 4.11. The quantitative estimate of drug-likeness (QED) is 0.484. The van der Waals surface area contributed by atoms with E-state index in [-0.39, 0.29) is 28.8 Å². The molecule has 0 amide bonds. The number of nitrogens with one attached hydrogen (secondary N) is 1. The average Bonchev–Trinajstić information content (AvgIpc) is 3.21. The molecule has 1 aliphatic carbocycles. The van der Waals surface area contributed by atoms with E-state index in [1.54, 1.807) is 32.1 Å². The van der Waals surface area contributed by atoms with E-state index in [1.807, 2.05) is 0 Å². The van der Waals surface area contributed by atoms with Crippen LogP contribution in [0.1, 0.15) is 25.3 Å². The zero-order valence-corrected chi connectivity index (χ0v) is 15.0. The molecule has 1 saturated carbocycles. The summed E-state index contributed by atoms with van der Waals surface area (Å²) in [6.45, 7) is 3.57. The van der Waals surface area contributed by atoms with Crippen molar-refractivity contribution in [2.24, 2.45) is 15.8 Å². The first-order valence-electron chi connectivity index (χ1n) is 8.31. The number of benzene rings is 1. The normalized spacial score (nSPS) is 28.3. The van der Waals surface area contributed by atoms with Crippen LogP contribution < -0.4 is 5.32 Å². The maximum Gasteiger partial charge on any atom is 0.269 e. The van der Waals surface area contributed by atoms with Gasteiger partial charge in [0, 0.05) is 24.1 Å². The fraction of sp³-hybridized carbons (Fsp3) is 0.316. The van der Waals surface area contributed by atoms with Crippen LogP contribution in [0.25, 0.3) is 0 Å². The van der Waals surface area contributed by atoms with Crippen LogP contribution in [0.3, 0.4) is 0 Å². The summed E-state index contributed by atoms with van der Waals surface area (Å²) in [4.78, 5) is 15.0. The number of nitro groups is 1. The summed E-state index contributed by atoms with van der Waals surface area (Å²) in [5.41, 5.74) is -3.05. The number of allylic oxidation sites excluding steroid dienone is 2. The number of nitriles is 4. The van der Waals surface area contributed by atoms with Crippen LogP contribution in [0.4, 0.5) is 5.69 Å². The zero-order valence-electron chi connectivity index (χ0n) is 15.0. The maximum absolute atomic E-state index is 11.2. The molecule has 0 bridgehead atoms. The van der Waals surface area contributed by atoms with Crippen LogP contribution in [0.5, 0.6) is 0 Å². The zero-order chi connectivity index (χ0) is 20.7. The molecule has 0 spiro atoms. The Bertz CT molecular complexity index is 1110. The number of non-ortho nitro benzene ring substituents is 1. The second-order valence-corrected chi connectivity index (χ2v) is 6.79. The van der Waals surface area contributed by atoms with Gasteiger partial charge in [0.25, 0.3) is 5.69 Å². The van der Waals surface area contributed by atoms with E-state index < -0.39 is 21.7 Å². The fourth-order valence-electron chi connectivity index (χ4n) is 3.98. The van der Waals surface area contributed by atoms with Crippen LogP contribution in [-0.2, 0) is 0 Å². The number of aliphatic imine (C=N–C) groups is 1. The van der Waals surface area contributed by atoms with E-state index in [1.165, 1.54) is 18.2 Å². The van der Waals surface area contributed by atoms with Gasteiger partial charge in [0.15, 0.2) is 5.57 Å². The van der Waals surface area contributed by atoms with Crippen molar-refractivity contribution < 1.29 is 4.92 Å². The van der Waals surface area contributed by atoms with E-state index in [9.17, 15) is 31.2 Å². The van der Waals surface area contributed by atoms with E-state index in [0.717, 1.165) is 0 Å². The lowest BCUT2D eigenvalue weighted by atomic mass is 9.93. The number of hydrogen-bond acceptors (Lipinski definition) is 7. The summed E-state index contributed by atoms with van der Waals surface area (Å²) in [5, 5.41) is 52.8. The molecule has 3 atom stereocenters. The van der Waals surface area contributed by atoms with Gasteiger partial charge in [-0.2, -0.15) is 21.0 Å². The molecule has 0 aromatic heterocycles. The molecular weight excluding hydrogens is 358 g/mol. The van der Waals surface area contributed by atoms with Crippen molar-refractivity contribution in [2.75, 3.05) is 0 Å². The van der Waals surface area contributed by atoms with Crippen molar-refractivity contribution in [3.05, 3.63) is 51.2 Å². The van der Waals surface area contributed by atoms with Crippen molar-refractivity contribution in [1.82, 2.24) is 5.32 Å². The summed E-state index contributed by atoms with van der Waals surface area (Å²) in [5.74, 6) is -0.596. The Balaban J connectivity index is 2.34. The van der Waals surface area contributed by atoms with Crippen molar-refractivity contribution >= 4 is 11.5 Å². The Hall–Kier alpha value is -4.21. The molecule has 9 nitrogen and oxygen atoms in total. The highest BCUT2D eigenvalue weighted by Crippen LogP contribution is 2.80. The number of nitro benzene ring substituents is 1. The fourth-order valence-corrected chi connectivity index (χ4v) is 3.98. The number of hydrogen-bond donors (Lipinski definition) is 1. The first kappa shape index (κ1) is 18.6. The molecule has 1 aromatic rings. The molecule has 1 aliphatic heterocycles. The molecule has 1 saturated heterocycles. The minimum Gasteiger partial charge on any atom is -0.343 e. The predicted molar refractivity (Wildman–Crippen MR) is 95.9 cm³/mol. The van der Waals surface area contributed by atoms with E-state index in [0.29, 0.717) is 5.56 Å². The highest BCUT2D eigenvalue weighted by atomic mass is 16.6. The van der Waals surface area contributed by atoms with Gasteiger partial charge in [-0.05, 0) is 19.4 Å². The third-order valence-corrected chi connectivity index (χ3v) is 5.04. The third-order valence-electron chi connectivity index (χ3n) is 5.04. The topological polar surface area (TPSA) is 163 Å². The highest BCUT2D eigenvalue weighted by Gasteiger charge is 2.87. The van der Waals surface area contributed by atoms with Crippen molar-refractivity contribution in [3.63, 3.8) is 0 Å². The minimum atomic E-state index is -1.54. The molecule has 1 N–H and O–H groups in total. The molecular formula is C19H13N7O2. The third kappa shape index (κ3) is 2.11. The molecule has 0 radical (unpaired) electrons.